The summed E-state index contributed by atoms with van der Waals surface area (Å²) in [6.45, 7) is 3.85. The number of rotatable bonds is 4. The summed E-state index contributed by atoms with van der Waals surface area (Å²) >= 11 is 0. The third-order valence-electron chi connectivity index (χ3n) is 3.46. The maximum Gasteiger partial charge on any atom is 0.221 e. The van der Waals surface area contributed by atoms with E-state index in [1.165, 1.54) is 0 Å². The summed E-state index contributed by atoms with van der Waals surface area (Å²) in [6.07, 6.45) is 3.62. The molecule has 0 radical (unpaired) electrons. The van der Waals surface area contributed by atoms with Crippen LogP contribution in [0.2, 0.25) is 0 Å². The molecule has 0 amide bonds. The quantitative estimate of drug-likeness (QED) is 0.888. The van der Waals surface area contributed by atoms with Gasteiger partial charge in [0, 0.05) is 13.2 Å². The summed E-state index contributed by atoms with van der Waals surface area (Å²) in [4.78, 5) is 8.71. The number of hydrogen-bond acceptors (Lipinski definition) is 5. The minimum atomic E-state index is 0.368. The van der Waals surface area contributed by atoms with Gasteiger partial charge in [-0.25, -0.2) is 4.98 Å². The standard InChI is InChI=1S/C13H21N3O2/c1-8-12(14-9(2)15-13(8)18-4)16-10-5-6-11(7-10)17-3/h10-11H,5-7H2,1-4H3,(H,14,15,16). The largest absolute Gasteiger partial charge is 0.481 e. The molecule has 0 aliphatic heterocycles. The second-order valence-corrected chi connectivity index (χ2v) is 4.77. The van der Waals surface area contributed by atoms with Crippen molar-refractivity contribution in [3.63, 3.8) is 0 Å². The first kappa shape index (κ1) is 13.1. The van der Waals surface area contributed by atoms with Crippen LogP contribution in [-0.2, 0) is 4.74 Å². The van der Waals surface area contributed by atoms with Crippen LogP contribution in [0.5, 0.6) is 5.88 Å². The van der Waals surface area contributed by atoms with Gasteiger partial charge in [-0.3, -0.25) is 0 Å². The Morgan fingerprint density at radius 3 is 2.56 bits per heavy atom. The molecule has 1 aliphatic rings. The number of aryl methyl sites for hydroxylation is 1. The molecule has 100 valence electrons. The summed E-state index contributed by atoms with van der Waals surface area (Å²) in [6, 6.07) is 0.424. The van der Waals surface area contributed by atoms with Crippen molar-refractivity contribution in [3.8, 4) is 5.88 Å². The molecule has 0 bridgehead atoms. The predicted octanol–water partition coefficient (Wildman–Crippen LogP) is 2.08. The fourth-order valence-electron chi connectivity index (χ4n) is 2.42. The zero-order chi connectivity index (χ0) is 13.1. The highest BCUT2D eigenvalue weighted by molar-refractivity contribution is 5.49. The topological polar surface area (TPSA) is 56.3 Å². The van der Waals surface area contributed by atoms with Gasteiger partial charge in [0.15, 0.2) is 0 Å². The Hall–Kier alpha value is -1.36. The molecule has 5 heteroatoms. The summed E-state index contributed by atoms with van der Waals surface area (Å²) < 4.78 is 10.6. The molecule has 1 aromatic rings. The fraction of sp³-hybridized carbons (Fsp3) is 0.692. The summed E-state index contributed by atoms with van der Waals surface area (Å²) in [5, 5.41) is 3.48. The second kappa shape index (κ2) is 5.52. The van der Waals surface area contributed by atoms with Crippen molar-refractivity contribution in [1.82, 2.24) is 9.97 Å². The van der Waals surface area contributed by atoms with E-state index in [2.05, 4.69) is 15.3 Å². The summed E-state index contributed by atoms with van der Waals surface area (Å²) in [5.41, 5.74) is 0.962. The van der Waals surface area contributed by atoms with Crippen LogP contribution in [0.4, 0.5) is 5.82 Å². The van der Waals surface area contributed by atoms with Crippen molar-refractivity contribution in [1.29, 1.82) is 0 Å². The average Bonchev–Trinajstić information content (AvgIpc) is 2.81. The molecule has 2 unspecified atom stereocenters. The zero-order valence-corrected chi connectivity index (χ0v) is 11.5. The minimum Gasteiger partial charge on any atom is -0.481 e. The van der Waals surface area contributed by atoms with Crippen LogP contribution < -0.4 is 10.1 Å². The molecule has 2 rings (SSSR count). The van der Waals surface area contributed by atoms with Gasteiger partial charge in [0.25, 0.3) is 0 Å². The van der Waals surface area contributed by atoms with Crippen LogP contribution >= 0.6 is 0 Å². The number of ether oxygens (including phenoxy) is 2. The molecular weight excluding hydrogens is 230 g/mol. The number of aromatic nitrogens is 2. The van der Waals surface area contributed by atoms with Crippen LogP contribution in [0.1, 0.15) is 30.7 Å². The van der Waals surface area contributed by atoms with Crippen molar-refractivity contribution >= 4 is 5.82 Å². The van der Waals surface area contributed by atoms with Crippen molar-refractivity contribution in [2.24, 2.45) is 0 Å². The van der Waals surface area contributed by atoms with Crippen LogP contribution in [0.15, 0.2) is 0 Å². The van der Waals surface area contributed by atoms with Gasteiger partial charge in [-0.15, -0.1) is 0 Å². The highest BCUT2D eigenvalue weighted by Gasteiger charge is 2.25. The summed E-state index contributed by atoms with van der Waals surface area (Å²) in [5.74, 6) is 2.24. The Bertz CT molecular complexity index is 423. The molecule has 1 aromatic heterocycles. The number of anilines is 1. The van der Waals surface area contributed by atoms with Gasteiger partial charge in [0.1, 0.15) is 11.6 Å². The van der Waals surface area contributed by atoms with Gasteiger partial charge in [-0.2, -0.15) is 4.98 Å². The first-order chi connectivity index (χ1) is 8.63. The lowest BCUT2D eigenvalue weighted by Crippen LogP contribution is -2.19. The molecular formula is C13H21N3O2. The molecule has 5 nitrogen and oxygen atoms in total. The highest BCUT2D eigenvalue weighted by atomic mass is 16.5. The van der Waals surface area contributed by atoms with E-state index in [4.69, 9.17) is 9.47 Å². The lowest BCUT2D eigenvalue weighted by atomic mass is 10.2. The van der Waals surface area contributed by atoms with Gasteiger partial charge in [0.05, 0.1) is 18.8 Å². The van der Waals surface area contributed by atoms with E-state index in [1.807, 2.05) is 13.8 Å². The van der Waals surface area contributed by atoms with Crippen LogP contribution in [-0.4, -0.2) is 36.3 Å². The van der Waals surface area contributed by atoms with E-state index in [-0.39, 0.29) is 0 Å². The smallest absolute Gasteiger partial charge is 0.221 e. The van der Waals surface area contributed by atoms with Crippen LogP contribution in [0.3, 0.4) is 0 Å². The van der Waals surface area contributed by atoms with Crippen LogP contribution in [0, 0.1) is 13.8 Å². The number of methoxy groups -OCH3 is 2. The highest BCUT2D eigenvalue weighted by Crippen LogP contribution is 2.27. The maximum absolute atomic E-state index is 5.38. The van der Waals surface area contributed by atoms with E-state index in [1.54, 1.807) is 14.2 Å². The van der Waals surface area contributed by atoms with Gasteiger partial charge >= 0.3 is 0 Å². The minimum absolute atomic E-state index is 0.368. The van der Waals surface area contributed by atoms with Crippen molar-refractivity contribution in [2.75, 3.05) is 19.5 Å². The third kappa shape index (κ3) is 2.72. The van der Waals surface area contributed by atoms with Gasteiger partial charge in [-0.05, 0) is 33.1 Å². The van der Waals surface area contributed by atoms with Crippen LogP contribution in [0.25, 0.3) is 0 Å². The average molecular weight is 251 g/mol. The van der Waals surface area contributed by atoms with E-state index in [0.29, 0.717) is 18.0 Å². The van der Waals surface area contributed by atoms with Crippen molar-refractivity contribution < 1.29 is 9.47 Å². The van der Waals surface area contributed by atoms with Crippen molar-refractivity contribution in [2.45, 2.75) is 45.3 Å². The lowest BCUT2D eigenvalue weighted by molar-refractivity contribution is 0.108. The third-order valence-corrected chi connectivity index (χ3v) is 3.46. The number of nitrogens with zero attached hydrogens (tertiary/aromatic N) is 2. The molecule has 0 saturated heterocycles. The molecule has 1 aliphatic carbocycles. The van der Waals surface area contributed by atoms with Gasteiger partial charge in [-0.1, -0.05) is 0 Å². The normalized spacial score (nSPS) is 23.1. The first-order valence-electron chi connectivity index (χ1n) is 6.32. The first-order valence-corrected chi connectivity index (χ1v) is 6.32. The molecule has 1 saturated carbocycles. The Kier molecular flexibility index (Phi) is 4.01. The van der Waals surface area contributed by atoms with Gasteiger partial charge < -0.3 is 14.8 Å². The number of hydrogen-bond donors (Lipinski definition) is 1. The van der Waals surface area contributed by atoms with Crippen molar-refractivity contribution in [3.05, 3.63) is 11.4 Å². The predicted molar refractivity (Wildman–Crippen MR) is 70.1 cm³/mol. The molecule has 1 N–H and O–H groups in total. The monoisotopic (exact) mass is 251 g/mol. The summed E-state index contributed by atoms with van der Waals surface area (Å²) in [7, 11) is 3.41. The molecule has 1 heterocycles. The second-order valence-electron chi connectivity index (χ2n) is 4.77. The Morgan fingerprint density at radius 2 is 1.94 bits per heavy atom. The molecule has 0 spiro atoms. The van der Waals surface area contributed by atoms with E-state index >= 15 is 0 Å². The molecule has 0 aromatic carbocycles. The zero-order valence-electron chi connectivity index (χ0n) is 11.5. The SMILES string of the molecule is COc1nc(C)nc(NC2CCC(OC)C2)c1C. The molecule has 1 fully saturated rings. The van der Waals surface area contributed by atoms with E-state index < -0.39 is 0 Å². The van der Waals surface area contributed by atoms with E-state index in [9.17, 15) is 0 Å². The Balaban J connectivity index is 2.12. The van der Waals surface area contributed by atoms with Gasteiger partial charge in [0.2, 0.25) is 5.88 Å². The molecule has 18 heavy (non-hydrogen) atoms. The van der Waals surface area contributed by atoms with E-state index in [0.717, 1.165) is 36.5 Å². The maximum atomic E-state index is 5.38. The Morgan fingerprint density at radius 1 is 1.17 bits per heavy atom. The fourth-order valence-corrected chi connectivity index (χ4v) is 2.42. The lowest BCUT2D eigenvalue weighted by Gasteiger charge is -2.17. The Labute approximate surface area is 108 Å². The molecule has 2 atom stereocenters. The number of nitrogens with one attached hydrogen (secondary N) is 1.